The predicted octanol–water partition coefficient (Wildman–Crippen LogP) is 5.30. The van der Waals surface area contributed by atoms with Crippen LogP contribution in [0.3, 0.4) is 0 Å². The number of nitrogens with zero attached hydrogens (tertiary/aromatic N) is 3. The summed E-state index contributed by atoms with van der Waals surface area (Å²) >= 11 is 0. The lowest BCUT2D eigenvalue weighted by molar-refractivity contribution is 0.0361. The van der Waals surface area contributed by atoms with Crippen molar-refractivity contribution >= 4 is 5.69 Å². The lowest BCUT2D eigenvalue weighted by Gasteiger charge is -2.18. The van der Waals surface area contributed by atoms with Gasteiger partial charge in [0.05, 0.1) is 19.8 Å². The van der Waals surface area contributed by atoms with E-state index in [-0.39, 0.29) is 6.10 Å². The van der Waals surface area contributed by atoms with E-state index < -0.39 is 0 Å². The highest BCUT2D eigenvalue weighted by Gasteiger charge is 2.12. The number of rotatable bonds is 7. The maximum atomic E-state index is 8.53. The molecule has 0 fully saturated rings. The van der Waals surface area contributed by atoms with Gasteiger partial charge in [0.15, 0.2) is 0 Å². The van der Waals surface area contributed by atoms with Gasteiger partial charge < -0.3 is 9.47 Å². The smallest absolute Gasteiger partial charge is 0.124 e. The molecule has 0 saturated carbocycles. The molecule has 2 aromatic carbocycles. The average molecular weight is 297 g/mol. The van der Waals surface area contributed by atoms with E-state index in [1.165, 1.54) is 0 Å². The van der Waals surface area contributed by atoms with E-state index in [2.05, 4.69) is 16.9 Å². The Hall–Kier alpha value is -2.49. The third kappa shape index (κ3) is 4.01. The second-order valence-corrected chi connectivity index (χ2v) is 4.80. The molecule has 1 atom stereocenters. The Labute approximate surface area is 130 Å². The van der Waals surface area contributed by atoms with E-state index in [4.69, 9.17) is 15.0 Å². The maximum absolute atomic E-state index is 8.53. The van der Waals surface area contributed by atoms with Crippen molar-refractivity contribution in [3.8, 4) is 5.75 Å². The van der Waals surface area contributed by atoms with E-state index in [1.54, 1.807) is 13.2 Å². The Kier molecular flexibility index (Phi) is 5.83. The first-order valence-electron chi connectivity index (χ1n) is 7.17. The molecule has 5 heteroatoms. The molecule has 5 nitrogen and oxygen atoms in total. The molecule has 22 heavy (non-hydrogen) atoms. The number of hydrogen-bond acceptors (Lipinski definition) is 3. The first-order chi connectivity index (χ1) is 10.8. The minimum atomic E-state index is -0.0567. The van der Waals surface area contributed by atoms with Crippen LogP contribution in [0.4, 0.5) is 5.69 Å². The van der Waals surface area contributed by atoms with E-state index in [9.17, 15) is 0 Å². The number of azide groups is 1. The van der Waals surface area contributed by atoms with Crippen molar-refractivity contribution in [1.82, 2.24) is 0 Å². The van der Waals surface area contributed by atoms with Crippen LogP contribution in [-0.2, 0) is 11.3 Å². The van der Waals surface area contributed by atoms with Crippen molar-refractivity contribution in [3.63, 3.8) is 0 Å². The predicted molar refractivity (Wildman–Crippen MR) is 86.1 cm³/mol. The molecular formula is C17H19N3O2. The SMILES string of the molecule is CCC(OCc1ccccc1OC)c1cccc(N=[N+]=[N-])c1. The Morgan fingerprint density at radius 1 is 1.18 bits per heavy atom. The average Bonchev–Trinajstić information content (AvgIpc) is 2.56. The molecule has 1 unspecified atom stereocenters. The summed E-state index contributed by atoms with van der Waals surface area (Å²) in [4.78, 5) is 2.82. The molecule has 0 bridgehead atoms. The molecule has 2 rings (SSSR count). The molecule has 0 aromatic heterocycles. The van der Waals surface area contributed by atoms with Crippen molar-refractivity contribution < 1.29 is 9.47 Å². The van der Waals surface area contributed by atoms with E-state index >= 15 is 0 Å². The molecule has 0 radical (unpaired) electrons. The van der Waals surface area contributed by atoms with Crippen LogP contribution in [0.25, 0.3) is 10.4 Å². The van der Waals surface area contributed by atoms with Crippen molar-refractivity contribution in [3.05, 3.63) is 70.1 Å². The van der Waals surface area contributed by atoms with Gasteiger partial charge >= 0.3 is 0 Å². The van der Waals surface area contributed by atoms with E-state index in [1.807, 2.05) is 42.5 Å². The zero-order valence-corrected chi connectivity index (χ0v) is 12.8. The molecule has 0 N–H and O–H groups in total. The molecule has 0 spiro atoms. The maximum Gasteiger partial charge on any atom is 0.124 e. The highest BCUT2D eigenvalue weighted by Crippen LogP contribution is 2.27. The van der Waals surface area contributed by atoms with Crippen molar-refractivity contribution in [2.24, 2.45) is 5.11 Å². The molecular weight excluding hydrogens is 278 g/mol. The second kappa shape index (κ2) is 8.08. The van der Waals surface area contributed by atoms with Gasteiger partial charge in [-0.3, -0.25) is 0 Å². The van der Waals surface area contributed by atoms with Crippen LogP contribution in [0.5, 0.6) is 5.75 Å². The van der Waals surface area contributed by atoms with Crippen molar-refractivity contribution in [1.29, 1.82) is 0 Å². The summed E-state index contributed by atoms with van der Waals surface area (Å²) in [5, 5.41) is 3.63. The molecule has 0 heterocycles. The van der Waals surface area contributed by atoms with Gasteiger partial charge in [-0.05, 0) is 29.6 Å². The zero-order chi connectivity index (χ0) is 15.8. The third-order valence-electron chi connectivity index (χ3n) is 3.41. The molecule has 0 aliphatic carbocycles. The minimum Gasteiger partial charge on any atom is -0.496 e. The largest absolute Gasteiger partial charge is 0.496 e. The van der Waals surface area contributed by atoms with Crippen LogP contribution in [0.15, 0.2) is 53.6 Å². The van der Waals surface area contributed by atoms with Gasteiger partial charge in [-0.25, -0.2) is 0 Å². The Bertz CT molecular complexity index is 666. The molecule has 0 amide bonds. The number of ether oxygens (including phenoxy) is 2. The Morgan fingerprint density at radius 3 is 2.73 bits per heavy atom. The first-order valence-corrected chi connectivity index (χ1v) is 7.17. The van der Waals surface area contributed by atoms with Gasteiger partial charge in [0, 0.05) is 16.2 Å². The van der Waals surface area contributed by atoms with Crippen LogP contribution in [0.2, 0.25) is 0 Å². The zero-order valence-electron chi connectivity index (χ0n) is 12.8. The van der Waals surface area contributed by atoms with Crippen molar-refractivity contribution in [2.45, 2.75) is 26.1 Å². The fourth-order valence-electron chi connectivity index (χ4n) is 2.30. The van der Waals surface area contributed by atoms with Gasteiger partial charge in [-0.15, -0.1) is 0 Å². The summed E-state index contributed by atoms with van der Waals surface area (Å²) < 4.78 is 11.4. The van der Waals surface area contributed by atoms with Gasteiger partial charge in [0.1, 0.15) is 5.75 Å². The highest BCUT2D eigenvalue weighted by atomic mass is 16.5. The van der Waals surface area contributed by atoms with Crippen LogP contribution < -0.4 is 4.74 Å². The van der Waals surface area contributed by atoms with Gasteiger partial charge in [-0.1, -0.05) is 48.4 Å². The molecule has 0 aliphatic heterocycles. The first kappa shape index (κ1) is 15.9. The third-order valence-corrected chi connectivity index (χ3v) is 3.41. The summed E-state index contributed by atoms with van der Waals surface area (Å²) in [5.41, 5.74) is 11.1. The Morgan fingerprint density at radius 2 is 2.00 bits per heavy atom. The summed E-state index contributed by atoms with van der Waals surface area (Å²) in [6, 6.07) is 15.3. The molecule has 0 aliphatic rings. The monoisotopic (exact) mass is 297 g/mol. The van der Waals surface area contributed by atoms with Crippen molar-refractivity contribution in [2.75, 3.05) is 7.11 Å². The topological polar surface area (TPSA) is 67.2 Å². The highest BCUT2D eigenvalue weighted by molar-refractivity contribution is 5.40. The quantitative estimate of drug-likeness (QED) is 0.395. The number of para-hydroxylation sites is 1. The number of benzene rings is 2. The number of methoxy groups -OCH3 is 1. The summed E-state index contributed by atoms with van der Waals surface area (Å²) in [6.07, 6.45) is 0.772. The Balaban J connectivity index is 2.12. The van der Waals surface area contributed by atoms with E-state index in [0.717, 1.165) is 23.3 Å². The van der Waals surface area contributed by atoms with Gasteiger partial charge in [0.2, 0.25) is 0 Å². The number of hydrogen-bond donors (Lipinski definition) is 0. The summed E-state index contributed by atoms with van der Waals surface area (Å²) in [6.45, 7) is 2.53. The fraction of sp³-hybridized carbons (Fsp3) is 0.294. The molecule has 2 aromatic rings. The van der Waals surface area contributed by atoms with Crippen LogP contribution in [0.1, 0.15) is 30.6 Å². The van der Waals surface area contributed by atoms with Crippen LogP contribution >= 0.6 is 0 Å². The van der Waals surface area contributed by atoms with Gasteiger partial charge in [-0.2, -0.15) is 0 Å². The lowest BCUT2D eigenvalue weighted by atomic mass is 10.1. The molecule has 0 saturated heterocycles. The summed E-state index contributed by atoms with van der Waals surface area (Å²) in [5.74, 6) is 0.820. The van der Waals surface area contributed by atoms with Gasteiger partial charge in [0.25, 0.3) is 0 Å². The van der Waals surface area contributed by atoms with E-state index in [0.29, 0.717) is 12.3 Å². The second-order valence-electron chi connectivity index (χ2n) is 4.80. The van der Waals surface area contributed by atoms with Crippen LogP contribution in [-0.4, -0.2) is 7.11 Å². The fourth-order valence-corrected chi connectivity index (χ4v) is 2.30. The standard InChI is InChI=1S/C17H19N3O2/c1-3-16(13-8-6-9-15(11-13)19-20-18)22-12-14-7-4-5-10-17(14)21-2/h4-11,16H,3,12H2,1-2H3. The summed E-state index contributed by atoms with van der Waals surface area (Å²) in [7, 11) is 1.65. The minimum absolute atomic E-state index is 0.0567. The van der Waals surface area contributed by atoms with Crippen LogP contribution in [0, 0.1) is 0 Å². The molecule has 114 valence electrons. The normalized spacial score (nSPS) is 11.5. The lowest BCUT2D eigenvalue weighted by Crippen LogP contribution is -2.04.